The van der Waals surface area contributed by atoms with Crippen LogP contribution >= 0.6 is 0 Å². The molecule has 0 saturated heterocycles. The standard InChI is InChI=1S/C19H25N2O.ClHO4/c1-5-21(6-2)17-10-9-14-11-15-7-8-16(13-20(3)4)19(15)22-18(14)12-17;2-1(3,4)5/h9-13H,5-8H2,1-4H3;(H,2,3,4,5)/q+1;/p-1. The van der Waals surface area contributed by atoms with Crippen LogP contribution in [0.3, 0.4) is 0 Å². The third-order valence-electron chi connectivity index (χ3n) is 4.33. The quantitative estimate of drug-likeness (QED) is 0.571. The molecule has 0 atom stereocenters. The summed E-state index contributed by atoms with van der Waals surface area (Å²) in [6.07, 6.45) is 4.32. The molecule has 2 aliphatic carbocycles. The number of hydrogen-bond acceptors (Lipinski definition) is 6. The van der Waals surface area contributed by atoms with E-state index in [4.69, 9.17) is 23.1 Å². The summed E-state index contributed by atoms with van der Waals surface area (Å²) < 4.78 is 42.6. The first kappa shape index (κ1) is 21.4. The molecular formula is C19H25ClN2O5. The van der Waals surface area contributed by atoms with Crippen molar-refractivity contribution >= 4 is 5.57 Å². The lowest BCUT2D eigenvalue weighted by molar-refractivity contribution is -2.00. The lowest BCUT2D eigenvalue weighted by atomic mass is 10.1. The van der Waals surface area contributed by atoms with Gasteiger partial charge in [0.25, 0.3) is 0 Å². The molecule has 1 heterocycles. The summed E-state index contributed by atoms with van der Waals surface area (Å²) in [5.41, 5.74) is 3.83. The summed E-state index contributed by atoms with van der Waals surface area (Å²) in [7, 11) is -0.824. The molecule has 0 aromatic carbocycles. The Balaban J connectivity index is 0.000000465. The Morgan fingerprint density at radius 3 is 2.26 bits per heavy atom. The van der Waals surface area contributed by atoms with Crippen LogP contribution in [0.1, 0.15) is 31.6 Å². The topological polar surface area (TPSA) is 112 Å². The first-order chi connectivity index (χ1) is 12.6. The van der Waals surface area contributed by atoms with Crippen LogP contribution in [-0.4, -0.2) is 32.1 Å². The summed E-state index contributed by atoms with van der Waals surface area (Å²) in [6, 6.07) is 8.84. The van der Waals surface area contributed by atoms with Gasteiger partial charge in [-0.1, -0.05) is 0 Å². The second-order valence-corrected chi connectivity index (χ2v) is 7.25. The van der Waals surface area contributed by atoms with Crippen LogP contribution in [0.15, 0.2) is 34.9 Å². The van der Waals surface area contributed by atoms with Crippen molar-refractivity contribution in [1.82, 2.24) is 9.48 Å². The molecule has 0 N–H and O–H groups in total. The number of fused-ring (bicyclic) bond motifs is 2. The van der Waals surface area contributed by atoms with Gasteiger partial charge < -0.3 is 9.32 Å². The second-order valence-electron chi connectivity index (χ2n) is 6.49. The zero-order chi connectivity index (χ0) is 20.2. The molecule has 0 bridgehead atoms. The maximum absolute atomic E-state index is 8.49. The van der Waals surface area contributed by atoms with E-state index in [1.165, 1.54) is 22.1 Å². The van der Waals surface area contributed by atoms with Crippen molar-refractivity contribution in [3.8, 4) is 11.3 Å². The summed E-state index contributed by atoms with van der Waals surface area (Å²) in [5.74, 6) is 2.05. The zero-order valence-electron chi connectivity index (χ0n) is 16.0. The molecule has 7 nitrogen and oxygen atoms in total. The predicted octanol–water partition coefficient (Wildman–Crippen LogP) is -1.71. The third-order valence-corrected chi connectivity index (χ3v) is 4.33. The van der Waals surface area contributed by atoms with E-state index in [9.17, 15) is 0 Å². The fourth-order valence-electron chi connectivity index (χ4n) is 3.22. The van der Waals surface area contributed by atoms with Crippen LogP contribution in [0, 0.1) is 10.2 Å². The van der Waals surface area contributed by atoms with Gasteiger partial charge in [-0.3, -0.25) is 0 Å². The van der Waals surface area contributed by atoms with Crippen molar-refractivity contribution in [2.45, 2.75) is 26.7 Å². The van der Waals surface area contributed by atoms with Gasteiger partial charge in [-0.25, -0.2) is 23.2 Å². The molecule has 148 valence electrons. The highest BCUT2D eigenvalue weighted by Gasteiger charge is 2.22. The van der Waals surface area contributed by atoms with Gasteiger partial charge in [0, 0.05) is 37.5 Å². The molecule has 0 fully saturated rings. The van der Waals surface area contributed by atoms with E-state index in [-0.39, 0.29) is 0 Å². The lowest BCUT2D eigenvalue weighted by Gasteiger charge is -2.17. The van der Waals surface area contributed by atoms with Gasteiger partial charge in [-0.15, -0.1) is 10.2 Å². The maximum atomic E-state index is 8.49. The van der Waals surface area contributed by atoms with Gasteiger partial charge in [0.2, 0.25) is 5.36 Å². The van der Waals surface area contributed by atoms with Gasteiger partial charge in [-0.2, -0.15) is 0 Å². The smallest absolute Gasteiger partial charge is 0.203 e. The van der Waals surface area contributed by atoms with Crippen molar-refractivity contribution in [2.24, 2.45) is 0 Å². The average molecular weight is 397 g/mol. The summed E-state index contributed by atoms with van der Waals surface area (Å²) in [6.45, 7) is 6.40. The fourth-order valence-corrected chi connectivity index (χ4v) is 3.22. The minimum Gasteiger partial charge on any atom is -0.456 e. The Bertz CT molecular complexity index is 840. The molecule has 3 aliphatic rings. The van der Waals surface area contributed by atoms with Gasteiger partial charge in [0.1, 0.15) is 24.6 Å². The molecule has 8 heteroatoms. The zero-order valence-corrected chi connectivity index (χ0v) is 16.8. The van der Waals surface area contributed by atoms with Crippen molar-refractivity contribution in [3.05, 3.63) is 47.1 Å². The van der Waals surface area contributed by atoms with E-state index >= 15 is 0 Å². The third kappa shape index (κ3) is 6.05. The summed E-state index contributed by atoms with van der Waals surface area (Å²) >= 11 is 0. The van der Waals surface area contributed by atoms with Gasteiger partial charge in [0.15, 0.2) is 0 Å². The highest BCUT2D eigenvalue weighted by Crippen LogP contribution is 2.37. The molecule has 0 unspecified atom stereocenters. The van der Waals surface area contributed by atoms with E-state index in [0.717, 1.165) is 37.5 Å². The SMILES string of the molecule is CC[N+](CC)=c1ccc2cc3c(oc-2c1)/C(=C/N(C)C)CC3.[O-][Cl+3]([O-])([O-])[O-]. The lowest BCUT2D eigenvalue weighted by Crippen LogP contribution is -2.68. The largest absolute Gasteiger partial charge is 0.456 e. The van der Waals surface area contributed by atoms with Crippen LogP contribution in [0.25, 0.3) is 16.9 Å². The normalized spacial score (nSPS) is 14.7. The van der Waals surface area contributed by atoms with Crippen LogP contribution in [-0.2, 0) is 6.42 Å². The van der Waals surface area contributed by atoms with E-state index in [2.05, 4.69) is 67.9 Å². The number of hydrogen-bond donors (Lipinski definition) is 0. The van der Waals surface area contributed by atoms with E-state index in [0.29, 0.717) is 0 Å². The van der Waals surface area contributed by atoms with E-state index < -0.39 is 10.2 Å². The Kier molecular flexibility index (Phi) is 7.02. The van der Waals surface area contributed by atoms with Crippen LogP contribution < -0.4 is 28.6 Å². The summed E-state index contributed by atoms with van der Waals surface area (Å²) in [5, 5.41) is 1.23. The monoisotopic (exact) mass is 396 g/mol. The number of rotatable bonds is 3. The van der Waals surface area contributed by atoms with Crippen LogP contribution in [0.4, 0.5) is 0 Å². The molecule has 0 aromatic heterocycles. The Morgan fingerprint density at radius 1 is 1.07 bits per heavy atom. The Labute approximate surface area is 161 Å². The first-order valence-electron chi connectivity index (χ1n) is 8.76. The molecule has 0 radical (unpaired) electrons. The summed E-state index contributed by atoms with van der Waals surface area (Å²) in [4.78, 5) is 2.09. The highest BCUT2D eigenvalue weighted by atomic mass is 35.7. The molecule has 0 saturated carbocycles. The Morgan fingerprint density at radius 2 is 1.70 bits per heavy atom. The van der Waals surface area contributed by atoms with Crippen LogP contribution in [0.5, 0.6) is 0 Å². The first-order valence-corrected chi connectivity index (χ1v) is 9.99. The molecule has 0 spiro atoms. The number of halogens is 1. The highest BCUT2D eigenvalue weighted by molar-refractivity contribution is 5.72. The van der Waals surface area contributed by atoms with Crippen molar-refractivity contribution in [1.29, 1.82) is 0 Å². The van der Waals surface area contributed by atoms with Crippen molar-refractivity contribution in [2.75, 3.05) is 27.2 Å². The number of aryl methyl sites for hydroxylation is 1. The molecule has 0 amide bonds. The minimum atomic E-state index is -4.94. The molecule has 27 heavy (non-hydrogen) atoms. The predicted molar refractivity (Wildman–Crippen MR) is 91.7 cm³/mol. The van der Waals surface area contributed by atoms with Gasteiger partial charge in [-0.05, 0) is 44.4 Å². The molecule has 3 rings (SSSR count). The number of benzene rings is 1. The maximum Gasteiger partial charge on any atom is 0.203 e. The van der Waals surface area contributed by atoms with Crippen molar-refractivity contribution < 1.29 is 33.3 Å². The number of allylic oxidation sites excluding steroid dienone is 1. The molecular weight excluding hydrogens is 372 g/mol. The Hall–Kier alpha value is -1.90. The van der Waals surface area contributed by atoms with Gasteiger partial charge in [0.05, 0.1) is 6.07 Å². The fraction of sp³-hybridized carbons (Fsp3) is 0.421. The van der Waals surface area contributed by atoms with Crippen molar-refractivity contribution in [3.63, 3.8) is 0 Å². The van der Waals surface area contributed by atoms with E-state index in [1.54, 1.807) is 0 Å². The molecule has 0 aromatic rings. The molecule has 1 aliphatic heterocycles. The number of nitrogens with zero attached hydrogens (tertiary/aromatic N) is 2. The van der Waals surface area contributed by atoms with Gasteiger partial charge >= 0.3 is 0 Å². The van der Waals surface area contributed by atoms with Crippen LogP contribution in [0.2, 0.25) is 0 Å². The van der Waals surface area contributed by atoms with E-state index in [1.807, 2.05) is 0 Å². The minimum absolute atomic E-state index is 0.981. The second kappa shape index (κ2) is 8.86. The average Bonchev–Trinajstić information content (AvgIpc) is 2.93.